The van der Waals surface area contributed by atoms with Crippen molar-refractivity contribution in [3.05, 3.63) is 54.1 Å². The second-order valence-electron chi connectivity index (χ2n) is 5.01. The minimum atomic E-state index is -4.77. The molecule has 130 valence electrons. The Morgan fingerprint density at radius 3 is 2.48 bits per heavy atom. The van der Waals surface area contributed by atoms with Crippen LogP contribution in [0.1, 0.15) is 5.56 Å². The first-order valence-electron chi connectivity index (χ1n) is 7.21. The van der Waals surface area contributed by atoms with Gasteiger partial charge in [-0.25, -0.2) is 0 Å². The van der Waals surface area contributed by atoms with Crippen molar-refractivity contribution in [3.8, 4) is 11.8 Å². The molecule has 5 nitrogen and oxygen atoms in total. The van der Waals surface area contributed by atoms with Crippen LogP contribution >= 0.6 is 0 Å². The van der Waals surface area contributed by atoms with Gasteiger partial charge >= 0.3 is 6.36 Å². The molecule has 0 unspecified atom stereocenters. The fraction of sp³-hybridized carbons (Fsp3) is 0.176. The number of hydrogen-bond acceptors (Lipinski definition) is 4. The highest BCUT2D eigenvalue weighted by molar-refractivity contribution is 5.93. The third-order valence-corrected chi connectivity index (χ3v) is 3.04. The minimum absolute atomic E-state index is 0.130. The lowest BCUT2D eigenvalue weighted by atomic mass is 10.1. The van der Waals surface area contributed by atoms with Gasteiger partial charge in [0.1, 0.15) is 5.75 Å². The monoisotopic (exact) mass is 349 g/mol. The Kier molecular flexibility index (Phi) is 5.84. The lowest BCUT2D eigenvalue weighted by Gasteiger charge is -2.11. The molecule has 0 saturated carbocycles. The van der Waals surface area contributed by atoms with Gasteiger partial charge in [0, 0.05) is 17.4 Å². The molecule has 0 saturated heterocycles. The fourth-order valence-electron chi connectivity index (χ4n) is 1.99. The van der Waals surface area contributed by atoms with Gasteiger partial charge in [0.2, 0.25) is 5.91 Å². The van der Waals surface area contributed by atoms with Crippen molar-refractivity contribution in [1.82, 2.24) is 0 Å². The predicted molar refractivity (Wildman–Crippen MR) is 86.0 cm³/mol. The Morgan fingerprint density at radius 2 is 1.84 bits per heavy atom. The molecule has 2 N–H and O–H groups in total. The van der Waals surface area contributed by atoms with E-state index in [4.69, 9.17) is 5.26 Å². The highest BCUT2D eigenvalue weighted by Gasteiger charge is 2.31. The molecule has 0 radical (unpaired) electrons. The number of carbonyl (C=O) groups is 1. The lowest BCUT2D eigenvalue weighted by molar-refractivity contribution is -0.274. The van der Waals surface area contributed by atoms with E-state index in [-0.39, 0.29) is 24.6 Å². The SMILES string of the molecule is N#CCc1ccc(NC(=O)CNc2cccc(OC(F)(F)F)c2)cc1. The Labute approximate surface area is 142 Å². The second kappa shape index (κ2) is 8.06. The summed E-state index contributed by atoms with van der Waals surface area (Å²) in [5, 5.41) is 14.0. The van der Waals surface area contributed by atoms with E-state index >= 15 is 0 Å². The fourth-order valence-corrected chi connectivity index (χ4v) is 1.99. The lowest BCUT2D eigenvalue weighted by Crippen LogP contribution is -2.22. The summed E-state index contributed by atoms with van der Waals surface area (Å²) in [5.41, 5.74) is 1.71. The van der Waals surface area contributed by atoms with Crippen LogP contribution in [0.3, 0.4) is 0 Å². The molecule has 2 aromatic carbocycles. The number of nitrogens with one attached hydrogen (secondary N) is 2. The maximum absolute atomic E-state index is 12.2. The molecule has 25 heavy (non-hydrogen) atoms. The summed E-state index contributed by atoms with van der Waals surface area (Å²) in [6, 6.07) is 14.0. The molecule has 2 rings (SSSR count). The predicted octanol–water partition coefficient (Wildman–Crippen LogP) is 3.70. The van der Waals surface area contributed by atoms with E-state index in [1.54, 1.807) is 24.3 Å². The molecular formula is C17H14F3N3O2. The summed E-state index contributed by atoms with van der Waals surface area (Å²) in [6.07, 6.45) is -4.49. The zero-order chi connectivity index (χ0) is 18.3. The standard InChI is InChI=1S/C17H14F3N3O2/c18-17(19,20)25-15-3-1-2-14(10-15)22-11-16(24)23-13-6-4-12(5-7-13)8-9-21/h1-7,10,22H,8,11H2,(H,23,24). The molecule has 8 heteroatoms. The van der Waals surface area contributed by atoms with Crippen LogP contribution in [0.4, 0.5) is 24.5 Å². The average molecular weight is 349 g/mol. The number of amides is 1. The quantitative estimate of drug-likeness (QED) is 0.834. The summed E-state index contributed by atoms with van der Waals surface area (Å²) < 4.78 is 40.4. The van der Waals surface area contributed by atoms with Crippen LogP contribution in [-0.2, 0) is 11.2 Å². The van der Waals surface area contributed by atoms with Gasteiger partial charge in [0.15, 0.2) is 0 Å². The van der Waals surface area contributed by atoms with E-state index in [0.29, 0.717) is 11.4 Å². The van der Waals surface area contributed by atoms with Crippen molar-refractivity contribution in [2.75, 3.05) is 17.2 Å². The van der Waals surface area contributed by atoms with Gasteiger partial charge in [-0.05, 0) is 29.8 Å². The summed E-state index contributed by atoms with van der Waals surface area (Å²) in [7, 11) is 0. The van der Waals surface area contributed by atoms with E-state index in [0.717, 1.165) is 11.6 Å². The number of carbonyl (C=O) groups excluding carboxylic acids is 1. The number of ether oxygens (including phenoxy) is 1. The highest BCUT2D eigenvalue weighted by atomic mass is 19.4. The van der Waals surface area contributed by atoms with Crippen LogP contribution in [0.15, 0.2) is 48.5 Å². The van der Waals surface area contributed by atoms with Gasteiger partial charge in [0.05, 0.1) is 19.0 Å². The summed E-state index contributed by atoms with van der Waals surface area (Å²) in [5.74, 6) is -0.735. The highest BCUT2D eigenvalue weighted by Crippen LogP contribution is 2.24. The van der Waals surface area contributed by atoms with Crippen molar-refractivity contribution in [2.45, 2.75) is 12.8 Å². The molecule has 0 heterocycles. The molecule has 0 aliphatic heterocycles. The summed E-state index contributed by atoms with van der Waals surface area (Å²) in [4.78, 5) is 11.9. The molecule has 0 bridgehead atoms. The maximum Gasteiger partial charge on any atom is 0.573 e. The van der Waals surface area contributed by atoms with Crippen LogP contribution in [-0.4, -0.2) is 18.8 Å². The van der Waals surface area contributed by atoms with Crippen LogP contribution in [0.25, 0.3) is 0 Å². The van der Waals surface area contributed by atoms with Crippen LogP contribution < -0.4 is 15.4 Å². The van der Waals surface area contributed by atoms with Crippen molar-refractivity contribution in [2.24, 2.45) is 0 Å². The van der Waals surface area contributed by atoms with Crippen LogP contribution in [0.5, 0.6) is 5.75 Å². The number of nitrogens with zero attached hydrogens (tertiary/aromatic N) is 1. The molecular weight excluding hydrogens is 335 g/mol. The van der Waals surface area contributed by atoms with Gasteiger partial charge in [0.25, 0.3) is 0 Å². The second-order valence-corrected chi connectivity index (χ2v) is 5.01. The third kappa shape index (κ3) is 6.43. The van der Waals surface area contributed by atoms with E-state index < -0.39 is 6.36 Å². The first kappa shape index (κ1) is 18.1. The van der Waals surface area contributed by atoms with E-state index in [1.807, 2.05) is 6.07 Å². The number of benzene rings is 2. The minimum Gasteiger partial charge on any atom is -0.406 e. The largest absolute Gasteiger partial charge is 0.573 e. The maximum atomic E-state index is 12.2. The van der Waals surface area contributed by atoms with E-state index in [1.165, 1.54) is 18.2 Å². The molecule has 0 aliphatic rings. The van der Waals surface area contributed by atoms with Crippen molar-refractivity contribution < 1.29 is 22.7 Å². The number of alkyl halides is 3. The average Bonchev–Trinajstić information content (AvgIpc) is 2.54. The van der Waals surface area contributed by atoms with Gasteiger partial charge in [-0.15, -0.1) is 13.2 Å². The van der Waals surface area contributed by atoms with E-state index in [2.05, 4.69) is 15.4 Å². The van der Waals surface area contributed by atoms with Gasteiger partial charge < -0.3 is 15.4 Å². The topological polar surface area (TPSA) is 74.2 Å². The zero-order valence-corrected chi connectivity index (χ0v) is 12.9. The van der Waals surface area contributed by atoms with Crippen molar-refractivity contribution >= 4 is 17.3 Å². The molecule has 0 aliphatic carbocycles. The smallest absolute Gasteiger partial charge is 0.406 e. The molecule has 0 spiro atoms. The number of halogens is 3. The molecule has 0 atom stereocenters. The first-order chi connectivity index (χ1) is 11.9. The van der Waals surface area contributed by atoms with E-state index in [9.17, 15) is 18.0 Å². The summed E-state index contributed by atoms with van der Waals surface area (Å²) >= 11 is 0. The zero-order valence-electron chi connectivity index (χ0n) is 12.9. The van der Waals surface area contributed by atoms with Crippen molar-refractivity contribution in [3.63, 3.8) is 0 Å². The Balaban J connectivity index is 1.87. The Morgan fingerprint density at radius 1 is 1.12 bits per heavy atom. The number of anilines is 2. The van der Waals surface area contributed by atoms with Crippen LogP contribution in [0.2, 0.25) is 0 Å². The van der Waals surface area contributed by atoms with Crippen LogP contribution in [0, 0.1) is 11.3 Å². The van der Waals surface area contributed by atoms with Gasteiger partial charge in [-0.1, -0.05) is 18.2 Å². The molecule has 0 fully saturated rings. The number of hydrogen-bond donors (Lipinski definition) is 2. The van der Waals surface area contributed by atoms with Gasteiger partial charge in [-0.2, -0.15) is 5.26 Å². The van der Waals surface area contributed by atoms with Crippen molar-refractivity contribution in [1.29, 1.82) is 5.26 Å². The molecule has 2 aromatic rings. The Bertz CT molecular complexity index is 768. The third-order valence-electron chi connectivity index (χ3n) is 3.04. The number of nitriles is 1. The first-order valence-corrected chi connectivity index (χ1v) is 7.21. The van der Waals surface area contributed by atoms with Gasteiger partial charge in [-0.3, -0.25) is 4.79 Å². The molecule has 1 amide bonds. The normalized spacial score (nSPS) is 10.6. The number of rotatable bonds is 6. The Hall–Kier alpha value is -3.21. The summed E-state index contributed by atoms with van der Waals surface area (Å²) in [6.45, 7) is -0.130. The molecule has 0 aromatic heterocycles.